The molecule has 0 N–H and O–H groups in total. The van der Waals surface area contributed by atoms with E-state index in [1.54, 1.807) is 12.4 Å². The average Bonchev–Trinajstić information content (AvgIpc) is 2.71. The van der Waals surface area contributed by atoms with Gasteiger partial charge in [-0.1, -0.05) is 50.4 Å². The number of benzene rings is 2. The van der Waals surface area contributed by atoms with Crippen LogP contribution in [0.3, 0.4) is 0 Å². The number of pyridine rings is 2. The molecule has 0 aliphatic rings. The topological polar surface area (TPSA) is 25.8 Å². The van der Waals surface area contributed by atoms with Gasteiger partial charge < -0.3 is 9.97 Å². The van der Waals surface area contributed by atoms with Crippen molar-refractivity contribution < 1.29 is 21.1 Å². The van der Waals surface area contributed by atoms with E-state index in [-0.39, 0.29) is 21.1 Å². The van der Waals surface area contributed by atoms with Crippen molar-refractivity contribution >= 4 is 22.6 Å². The van der Waals surface area contributed by atoms with Crippen molar-refractivity contribution in [1.29, 1.82) is 0 Å². The van der Waals surface area contributed by atoms with Crippen LogP contribution < -0.4 is 0 Å². The molecule has 0 fully saturated rings. The van der Waals surface area contributed by atoms with Crippen LogP contribution in [0, 0.1) is 15.7 Å². The fraction of sp³-hybridized carbons (Fsp3) is 0. The molecule has 2 aromatic carbocycles. The molecule has 2 heterocycles. The molecule has 0 bridgehead atoms. The van der Waals surface area contributed by atoms with Gasteiger partial charge in [0, 0.05) is 12.4 Å². The predicted octanol–water partition coefficient (Wildman–Crippen LogP) is 5.70. The Morgan fingerprint density at radius 1 is 0.654 bits per heavy atom. The number of hydrogen-bond donors (Lipinski definition) is 0. The van der Waals surface area contributed by atoms with Crippen molar-refractivity contribution in [2.45, 2.75) is 0 Å². The monoisotopic (exact) mass is 629 g/mol. The summed E-state index contributed by atoms with van der Waals surface area (Å²) in [6.45, 7) is 0. The molecular formula is C22H15IN2Pt. The van der Waals surface area contributed by atoms with E-state index < -0.39 is 0 Å². The second kappa shape index (κ2) is 11.0. The normalized spacial score (nSPS) is 9.42. The number of nitrogens with zero attached hydrogens (tertiary/aromatic N) is 2. The van der Waals surface area contributed by atoms with E-state index in [9.17, 15) is 0 Å². The standard InChI is InChI=1S/C11H7IN.C11H8N.Pt/c12-10-5-3-4-9(8-10)11-6-1-2-7-13-11;1-2-6-10(7-3-1)11-8-4-5-9-12-11;/h1-3,5-8H;1-6,8-9H;/q2*-1;+2. The van der Waals surface area contributed by atoms with Crippen LogP contribution in [-0.4, -0.2) is 9.97 Å². The molecule has 0 aliphatic heterocycles. The summed E-state index contributed by atoms with van der Waals surface area (Å²) in [6.07, 6.45) is 3.58. The molecule has 0 saturated heterocycles. The molecule has 0 saturated carbocycles. The molecule has 2 aromatic heterocycles. The van der Waals surface area contributed by atoms with Crippen molar-refractivity contribution in [1.82, 2.24) is 9.97 Å². The van der Waals surface area contributed by atoms with E-state index in [4.69, 9.17) is 0 Å². The Labute approximate surface area is 182 Å². The summed E-state index contributed by atoms with van der Waals surface area (Å²) in [5, 5.41) is 0. The van der Waals surface area contributed by atoms with E-state index in [0.29, 0.717) is 0 Å². The number of hydrogen-bond acceptors (Lipinski definition) is 2. The molecule has 0 atom stereocenters. The van der Waals surface area contributed by atoms with Crippen molar-refractivity contribution in [3.8, 4) is 22.5 Å². The molecule has 4 aromatic rings. The zero-order valence-corrected chi connectivity index (χ0v) is 18.2. The molecule has 130 valence electrons. The van der Waals surface area contributed by atoms with Gasteiger partial charge in [0.25, 0.3) is 0 Å². The van der Waals surface area contributed by atoms with Crippen LogP contribution in [-0.2, 0) is 21.1 Å². The molecule has 0 amide bonds. The van der Waals surface area contributed by atoms with Gasteiger partial charge in [-0.05, 0) is 23.5 Å². The third-order valence-electron chi connectivity index (χ3n) is 3.35. The molecule has 0 aliphatic carbocycles. The second-order valence-electron chi connectivity index (χ2n) is 5.13. The van der Waals surface area contributed by atoms with Gasteiger partial charge in [0.2, 0.25) is 0 Å². The van der Waals surface area contributed by atoms with Gasteiger partial charge >= 0.3 is 21.1 Å². The first kappa shape index (κ1) is 20.5. The van der Waals surface area contributed by atoms with Gasteiger partial charge in [-0.2, -0.15) is 0 Å². The van der Waals surface area contributed by atoms with Crippen LogP contribution in [0.4, 0.5) is 0 Å². The number of rotatable bonds is 2. The molecule has 0 spiro atoms. The first-order valence-electron chi connectivity index (χ1n) is 7.80. The molecule has 0 unspecified atom stereocenters. The molecule has 4 heteroatoms. The van der Waals surface area contributed by atoms with Crippen LogP contribution in [0.1, 0.15) is 0 Å². The summed E-state index contributed by atoms with van der Waals surface area (Å²) in [5.74, 6) is 0. The Hall–Kier alpha value is -1.84. The largest absolute Gasteiger partial charge is 2.00 e. The second-order valence-corrected chi connectivity index (χ2v) is 6.37. The van der Waals surface area contributed by atoms with Crippen LogP contribution in [0.2, 0.25) is 0 Å². The molecule has 0 radical (unpaired) electrons. The fourth-order valence-corrected chi connectivity index (χ4v) is 2.67. The van der Waals surface area contributed by atoms with Gasteiger partial charge in [-0.15, -0.1) is 65.7 Å². The Morgan fingerprint density at radius 2 is 1.27 bits per heavy atom. The van der Waals surface area contributed by atoms with Crippen molar-refractivity contribution in [3.63, 3.8) is 0 Å². The van der Waals surface area contributed by atoms with E-state index in [2.05, 4.69) is 50.8 Å². The smallest absolute Gasteiger partial charge is 0.305 e. The number of halogens is 1. The Bertz CT molecular complexity index is 863. The van der Waals surface area contributed by atoms with Crippen LogP contribution in [0.25, 0.3) is 22.5 Å². The molecular weight excluding hydrogens is 614 g/mol. The van der Waals surface area contributed by atoms with Gasteiger partial charge in [-0.25, -0.2) is 0 Å². The average molecular weight is 629 g/mol. The maximum Gasteiger partial charge on any atom is 2.00 e. The van der Waals surface area contributed by atoms with Crippen molar-refractivity contribution in [2.75, 3.05) is 0 Å². The van der Waals surface area contributed by atoms with Crippen molar-refractivity contribution in [2.24, 2.45) is 0 Å². The molecule has 2 nitrogen and oxygen atoms in total. The molecule has 4 rings (SSSR count). The van der Waals surface area contributed by atoms with Gasteiger partial charge in [0.15, 0.2) is 0 Å². The quantitative estimate of drug-likeness (QED) is 0.210. The Morgan fingerprint density at radius 3 is 1.81 bits per heavy atom. The summed E-state index contributed by atoms with van der Waals surface area (Å²) >= 11 is 2.28. The van der Waals surface area contributed by atoms with Gasteiger partial charge in [0.05, 0.1) is 0 Å². The maximum absolute atomic E-state index is 4.26. The fourth-order valence-electron chi connectivity index (χ4n) is 2.18. The third-order valence-corrected chi connectivity index (χ3v) is 4.03. The summed E-state index contributed by atoms with van der Waals surface area (Å²) in [4.78, 5) is 8.47. The predicted molar refractivity (Wildman–Crippen MR) is 110 cm³/mol. The summed E-state index contributed by atoms with van der Waals surface area (Å²) in [7, 11) is 0. The van der Waals surface area contributed by atoms with Gasteiger partial charge in [-0.3, -0.25) is 0 Å². The Kier molecular flexibility index (Phi) is 8.66. The first-order valence-corrected chi connectivity index (χ1v) is 8.87. The minimum atomic E-state index is 0. The van der Waals surface area contributed by atoms with Crippen molar-refractivity contribution in [3.05, 3.63) is 107 Å². The summed E-state index contributed by atoms with van der Waals surface area (Å²) in [5.41, 5.74) is 4.03. The minimum absolute atomic E-state index is 0. The zero-order chi connectivity index (χ0) is 17.3. The SMILES string of the molecule is Ic1cc[c-]c(-c2ccccn2)c1.[Pt+2].[c-]1ccccc1-c1ccccn1. The van der Waals surface area contributed by atoms with E-state index in [0.717, 1.165) is 22.5 Å². The van der Waals surface area contributed by atoms with Crippen LogP contribution in [0.15, 0.2) is 91.3 Å². The zero-order valence-electron chi connectivity index (χ0n) is 13.7. The van der Waals surface area contributed by atoms with Crippen LogP contribution >= 0.6 is 22.6 Å². The van der Waals surface area contributed by atoms with E-state index in [1.165, 1.54) is 3.57 Å². The molecule has 26 heavy (non-hydrogen) atoms. The Balaban J connectivity index is 0.000000180. The maximum atomic E-state index is 4.26. The van der Waals surface area contributed by atoms with E-state index in [1.807, 2.05) is 72.8 Å². The van der Waals surface area contributed by atoms with Gasteiger partial charge in [0.1, 0.15) is 0 Å². The first-order chi connectivity index (χ1) is 12.3. The third kappa shape index (κ3) is 6.15. The van der Waals surface area contributed by atoms with Crippen LogP contribution in [0.5, 0.6) is 0 Å². The minimum Gasteiger partial charge on any atom is -0.305 e. The van der Waals surface area contributed by atoms with E-state index >= 15 is 0 Å². The number of aromatic nitrogens is 2. The summed E-state index contributed by atoms with van der Waals surface area (Å²) in [6, 6.07) is 31.9. The summed E-state index contributed by atoms with van der Waals surface area (Å²) < 4.78 is 1.21.